The molecule has 3 rings (SSSR count). The maximum Gasteiger partial charge on any atom is 0.237 e. The summed E-state index contributed by atoms with van der Waals surface area (Å²) >= 11 is 0. The summed E-state index contributed by atoms with van der Waals surface area (Å²) < 4.78 is 0. The van der Waals surface area contributed by atoms with Crippen LogP contribution in [0.15, 0.2) is 54.6 Å². The molecule has 0 N–H and O–H groups in total. The molecule has 0 spiro atoms. The normalized spacial score (nSPS) is 21.3. The van der Waals surface area contributed by atoms with E-state index >= 15 is 0 Å². The fourth-order valence-electron chi connectivity index (χ4n) is 4.00. The van der Waals surface area contributed by atoms with Crippen molar-refractivity contribution in [3.05, 3.63) is 65.7 Å². The van der Waals surface area contributed by atoms with Crippen molar-refractivity contribution >= 4 is 11.6 Å². The fraction of sp³-hybridized carbons (Fsp3) is 0.381. The number of para-hydroxylation sites is 1. The molecule has 0 bridgehead atoms. The zero-order valence-corrected chi connectivity index (χ0v) is 14.3. The maximum atomic E-state index is 13.2. The Kier molecular flexibility index (Phi) is 4.25. The molecule has 2 unspecified atom stereocenters. The number of fused-ring (bicyclic) bond motifs is 1. The number of anilines is 1. The van der Waals surface area contributed by atoms with E-state index in [1.54, 1.807) is 0 Å². The van der Waals surface area contributed by atoms with Crippen LogP contribution in [0, 0.1) is 0 Å². The van der Waals surface area contributed by atoms with Crippen molar-refractivity contribution in [2.24, 2.45) is 0 Å². The van der Waals surface area contributed by atoms with Crippen molar-refractivity contribution in [1.82, 2.24) is 0 Å². The average Bonchev–Trinajstić information content (AvgIpc) is 2.79. The molecule has 2 nitrogen and oxygen atoms in total. The highest BCUT2D eigenvalue weighted by atomic mass is 16.2. The van der Waals surface area contributed by atoms with Crippen LogP contribution in [0.1, 0.15) is 50.2 Å². The van der Waals surface area contributed by atoms with Gasteiger partial charge in [-0.2, -0.15) is 0 Å². The zero-order valence-electron chi connectivity index (χ0n) is 14.3. The van der Waals surface area contributed by atoms with Gasteiger partial charge in [0.25, 0.3) is 0 Å². The van der Waals surface area contributed by atoms with E-state index in [0.29, 0.717) is 0 Å². The number of carbonyl (C=O) groups excluding carboxylic acids is 1. The topological polar surface area (TPSA) is 20.3 Å². The predicted octanol–water partition coefficient (Wildman–Crippen LogP) is 4.89. The van der Waals surface area contributed by atoms with E-state index < -0.39 is 5.41 Å². The molecule has 0 saturated heterocycles. The molecule has 0 aromatic heterocycles. The molecule has 1 heterocycles. The van der Waals surface area contributed by atoms with Gasteiger partial charge in [-0.25, -0.2) is 0 Å². The molecule has 0 radical (unpaired) electrons. The van der Waals surface area contributed by atoms with Gasteiger partial charge in [-0.05, 0) is 30.5 Å². The number of hydrogen-bond acceptors (Lipinski definition) is 1. The molecule has 0 fully saturated rings. The van der Waals surface area contributed by atoms with Crippen molar-refractivity contribution in [1.29, 1.82) is 0 Å². The highest BCUT2D eigenvalue weighted by Crippen LogP contribution is 2.50. The number of hydrogen-bond donors (Lipinski definition) is 0. The first kappa shape index (κ1) is 15.8. The number of rotatable bonds is 5. The summed E-state index contributed by atoms with van der Waals surface area (Å²) in [6, 6.07) is 18.8. The Hall–Kier alpha value is -2.09. The first-order chi connectivity index (χ1) is 11.1. The quantitative estimate of drug-likeness (QED) is 0.769. The second kappa shape index (κ2) is 6.19. The Morgan fingerprint density at radius 2 is 1.70 bits per heavy atom. The van der Waals surface area contributed by atoms with Gasteiger partial charge in [0.15, 0.2) is 0 Å². The van der Waals surface area contributed by atoms with E-state index in [1.165, 1.54) is 5.56 Å². The summed E-state index contributed by atoms with van der Waals surface area (Å²) in [5.74, 6) is 0.422. The van der Waals surface area contributed by atoms with Crippen molar-refractivity contribution in [3.63, 3.8) is 0 Å². The first-order valence-electron chi connectivity index (χ1n) is 8.53. The molecule has 0 saturated carbocycles. The molecule has 2 atom stereocenters. The minimum atomic E-state index is -0.484. The third-order valence-corrected chi connectivity index (χ3v) is 5.32. The Labute approximate surface area is 139 Å². The fourth-order valence-corrected chi connectivity index (χ4v) is 4.00. The van der Waals surface area contributed by atoms with Crippen LogP contribution in [0.4, 0.5) is 5.69 Å². The minimum Gasteiger partial charge on any atom is -0.314 e. The number of carbonyl (C=O) groups is 1. The van der Waals surface area contributed by atoms with Gasteiger partial charge in [-0.3, -0.25) is 4.79 Å². The van der Waals surface area contributed by atoms with E-state index in [9.17, 15) is 4.79 Å². The average molecular weight is 307 g/mol. The highest BCUT2D eigenvalue weighted by molar-refractivity contribution is 6.08. The largest absolute Gasteiger partial charge is 0.314 e. The van der Waals surface area contributed by atoms with Crippen LogP contribution in [0.2, 0.25) is 0 Å². The molecule has 2 aromatic rings. The summed E-state index contributed by atoms with van der Waals surface area (Å²) in [5, 5.41) is 0. The van der Waals surface area contributed by atoms with E-state index in [1.807, 2.05) is 30.1 Å². The van der Waals surface area contributed by atoms with E-state index in [-0.39, 0.29) is 11.8 Å². The zero-order chi connectivity index (χ0) is 16.4. The number of likely N-dealkylation sites (N-methyl/N-ethyl adjacent to an activating group) is 1. The lowest BCUT2D eigenvalue weighted by molar-refractivity contribution is -0.123. The summed E-state index contributed by atoms with van der Waals surface area (Å²) in [5.41, 5.74) is 3.00. The molecule has 1 aliphatic rings. The van der Waals surface area contributed by atoms with Crippen LogP contribution in [0.5, 0.6) is 0 Å². The standard InChI is InChI=1S/C21H25NO/c1-4-5-13-17(16-11-7-6-8-12-16)21(2)18-14-9-10-15-19(18)22(3)20(21)23/h6-12,14-15,17H,4-5,13H2,1-3H3. The monoisotopic (exact) mass is 307 g/mol. The van der Waals surface area contributed by atoms with Crippen molar-refractivity contribution in [3.8, 4) is 0 Å². The Morgan fingerprint density at radius 1 is 1.04 bits per heavy atom. The number of amides is 1. The minimum absolute atomic E-state index is 0.210. The smallest absolute Gasteiger partial charge is 0.237 e. The van der Waals surface area contributed by atoms with Crippen LogP contribution in [0.3, 0.4) is 0 Å². The van der Waals surface area contributed by atoms with Crippen molar-refractivity contribution in [2.45, 2.75) is 44.4 Å². The van der Waals surface area contributed by atoms with E-state index in [0.717, 1.165) is 30.5 Å². The Morgan fingerprint density at radius 3 is 2.39 bits per heavy atom. The molecule has 0 aliphatic carbocycles. The molecule has 23 heavy (non-hydrogen) atoms. The van der Waals surface area contributed by atoms with E-state index in [4.69, 9.17) is 0 Å². The Balaban J connectivity index is 2.13. The van der Waals surface area contributed by atoms with Gasteiger partial charge in [0, 0.05) is 18.7 Å². The second-order valence-electron chi connectivity index (χ2n) is 6.69. The first-order valence-corrected chi connectivity index (χ1v) is 8.53. The number of nitrogens with zero attached hydrogens (tertiary/aromatic N) is 1. The van der Waals surface area contributed by atoms with Crippen LogP contribution in [-0.4, -0.2) is 13.0 Å². The molecular formula is C21H25NO. The predicted molar refractivity (Wildman–Crippen MR) is 95.9 cm³/mol. The van der Waals surface area contributed by atoms with Gasteiger partial charge in [0.05, 0.1) is 5.41 Å². The maximum absolute atomic E-state index is 13.2. The van der Waals surface area contributed by atoms with Gasteiger partial charge in [0.2, 0.25) is 5.91 Å². The summed E-state index contributed by atoms with van der Waals surface area (Å²) in [6.07, 6.45) is 3.31. The lowest BCUT2D eigenvalue weighted by Crippen LogP contribution is -2.41. The molecule has 2 heteroatoms. The molecular weight excluding hydrogens is 282 g/mol. The van der Waals surface area contributed by atoms with E-state index in [2.05, 4.69) is 50.2 Å². The van der Waals surface area contributed by atoms with Gasteiger partial charge in [-0.1, -0.05) is 68.3 Å². The number of benzene rings is 2. The van der Waals surface area contributed by atoms with Crippen molar-refractivity contribution < 1.29 is 4.79 Å². The number of unbranched alkanes of at least 4 members (excludes halogenated alkanes) is 1. The van der Waals surface area contributed by atoms with Gasteiger partial charge >= 0.3 is 0 Å². The van der Waals surface area contributed by atoms with Crippen molar-refractivity contribution in [2.75, 3.05) is 11.9 Å². The SMILES string of the molecule is CCCCC(c1ccccc1)C1(C)C(=O)N(C)c2ccccc21. The van der Waals surface area contributed by atoms with Crippen LogP contribution in [0.25, 0.3) is 0 Å². The molecule has 120 valence electrons. The molecule has 1 amide bonds. The highest BCUT2D eigenvalue weighted by Gasteiger charge is 2.50. The van der Waals surface area contributed by atoms with Gasteiger partial charge in [-0.15, -0.1) is 0 Å². The molecule has 1 aliphatic heterocycles. The van der Waals surface area contributed by atoms with Crippen LogP contribution in [-0.2, 0) is 10.2 Å². The van der Waals surface area contributed by atoms with Gasteiger partial charge in [0.1, 0.15) is 0 Å². The summed E-state index contributed by atoms with van der Waals surface area (Å²) in [4.78, 5) is 15.0. The lowest BCUT2D eigenvalue weighted by atomic mass is 9.67. The third-order valence-electron chi connectivity index (χ3n) is 5.32. The lowest BCUT2D eigenvalue weighted by Gasteiger charge is -2.34. The molecule has 2 aromatic carbocycles. The Bertz CT molecular complexity index is 694. The van der Waals surface area contributed by atoms with Crippen LogP contribution < -0.4 is 4.90 Å². The summed E-state index contributed by atoms with van der Waals surface area (Å²) in [7, 11) is 1.90. The third kappa shape index (κ3) is 2.46. The van der Waals surface area contributed by atoms with Crippen LogP contribution >= 0.6 is 0 Å². The van der Waals surface area contributed by atoms with Gasteiger partial charge < -0.3 is 4.90 Å². The second-order valence-corrected chi connectivity index (χ2v) is 6.69. The summed E-state index contributed by atoms with van der Waals surface area (Å²) in [6.45, 7) is 4.34.